The highest BCUT2D eigenvalue weighted by Gasteiger charge is 2.30. The van der Waals surface area contributed by atoms with Gasteiger partial charge in [-0.05, 0) is 30.4 Å². The van der Waals surface area contributed by atoms with E-state index in [1.165, 1.54) is 12.7 Å². The van der Waals surface area contributed by atoms with Gasteiger partial charge in [-0.2, -0.15) is 5.10 Å². The third-order valence-corrected chi connectivity index (χ3v) is 5.47. The van der Waals surface area contributed by atoms with E-state index in [0.29, 0.717) is 28.7 Å². The van der Waals surface area contributed by atoms with E-state index in [1.807, 2.05) is 20.1 Å². The zero-order chi connectivity index (χ0) is 22.8. The zero-order valence-electron chi connectivity index (χ0n) is 18.7. The number of aromatic nitrogens is 2. The van der Waals surface area contributed by atoms with E-state index in [1.54, 1.807) is 4.68 Å². The molecule has 0 bridgehead atoms. The summed E-state index contributed by atoms with van der Waals surface area (Å²) in [6, 6.07) is 8.16. The van der Waals surface area contributed by atoms with Gasteiger partial charge < -0.3 is 14.2 Å². The van der Waals surface area contributed by atoms with Gasteiger partial charge in [0.2, 0.25) is 6.79 Å². The molecule has 3 rings (SSSR count). The Balaban J connectivity index is 2.12. The Bertz CT molecular complexity index is 1010. The second kappa shape index (κ2) is 9.14. The van der Waals surface area contributed by atoms with Crippen LogP contribution < -0.4 is 0 Å². The van der Waals surface area contributed by atoms with Crippen molar-refractivity contribution in [2.75, 3.05) is 13.9 Å². The first-order chi connectivity index (χ1) is 14.7. The van der Waals surface area contributed by atoms with Gasteiger partial charge in [-0.3, -0.25) is 9.67 Å². The maximum absolute atomic E-state index is 11.4. The number of nitrogens with zero attached hydrogens (tertiary/aromatic N) is 3. The van der Waals surface area contributed by atoms with Crippen molar-refractivity contribution in [1.29, 1.82) is 0 Å². The van der Waals surface area contributed by atoms with E-state index in [-0.39, 0.29) is 18.2 Å². The average Bonchev–Trinajstić information content (AvgIpc) is 3.52. The Labute approximate surface area is 187 Å². The lowest BCUT2D eigenvalue weighted by Crippen LogP contribution is -2.13. The highest BCUT2D eigenvalue weighted by atomic mass is 35.5. The number of hydrogen-bond acceptors (Lipinski definition) is 6. The SMILES string of the molecule is CCn1nc(C)c(Cl)c1/C(OCOC(=O)OC)=C(/c1ccc(C(C)(C)C)cc1)C1C=N1. The highest BCUT2D eigenvalue weighted by Crippen LogP contribution is 2.38. The molecule has 1 unspecified atom stereocenters. The van der Waals surface area contributed by atoms with Gasteiger partial charge in [0, 0.05) is 18.3 Å². The molecule has 2 heterocycles. The molecule has 0 N–H and O–H groups in total. The zero-order valence-corrected chi connectivity index (χ0v) is 19.5. The summed E-state index contributed by atoms with van der Waals surface area (Å²) in [5.41, 5.74) is 4.35. The van der Waals surface area contributed by atoms with Crippen molar-refractivity contribution in [3.63, 3.8) is 0 Å². The number of hydrogen-bond donors (Lipinski definition) is 0. The van der Waals surface area contributed by atoms with Crippen molar-refractivity contribution in [3.05, 3.63) is 51.8 Å². The summed E-state index contributed by atoms with van der Waals surface area (Å²) in [4.78, 5) is 15.8. The van der Waals surface area contributed by atoms with E-state index < -0.39 is 6.16 Å². The molecule has 166 valence electrons. The third kappa shape index (κ3) is 5.10. The molecule has 31 heavy (non-hydrogen) atoms. The van der Waals surface area contributed by atoms with E-state index in [2.05, 4.69) is 59.9 Å². The fourth-order valence-corrected chi connectivity index (χ4v) is 3.47. The van der Waals surface area contributed by atoms with Crippen molar-refractivity contribution in [3.8, 4) is 0 Å². The van der Waals surface area contributed by atoms with Crippen LogP contribution in [0.15, 0.2) is 29.3 Å². The van der Waals surface area contributed by atoms with Crippen molar-refractivity contribution >= 4 is 35.3 Å². The van der Waals surface area contributed by atoms with Gasteiger partial charge in [0.1, 0.15) is 11.7 Å². The number of benzene rings is 1. The number of methoxy groups -OCH3 is 1. The summed E-state index contributed by atoms with van der Waals surface area (Å²) in [7, 11) is 1.24. The number of carbonyl (C=O) groups is 1. The van der Waals surface area contributed by atoms with Crippen LogP contribution >= 0.6 is 11.6 Å². The number of rotatable bonds is 7. The Morgan fingerprint density at radius 3 is 2.35 bits per heavy atom. The Morgan fingerprint density at radius 2 is 1.84 bits per heavy atom. The Morgan fingerprint density at radius 1 is 1.19 bits per heavy atom. The lowest BCUT2D eigenvalue weighted by molar-refractivity contribution is 0.00339. The molecule has 0 amide bonds. The van der Waals surface area contributed by atoms with Crippen LogP contribution in [0, 0.1) is 6.92 Å². The summed E-state index contributed by atoms with van der Waals surface area (Å²) in [6.45, 7) is 10.6. The summed E-state index contributed by atoms with van der Waals surface area (Å²) in [6.07, 6.45) is 1.01. The van der Waals surface area contributed by atoms with Crippen LogP contribution in [0.1, 0.15) is 50.2 Å². The fraction of sp³-hybridized carbons (Fsp3) is 0.435. The van der Waals surface area contributed by atoms with Crippen LogP contribution in [0.3, 0.4) is 0 Å². The van der Waals surface area contributed by atoms with E-state index in [9.17, 15) is 4.79 Å². The molecular weight excluding hydrogens is 418 g/mol. The van der Waals surface area contributed by atoms with Crippen molar-refractivity contribution < 1.29 is 19.0 Å². The van der Waals surface area contributed by atoms with E-state index >= 15 is 0 Å². The van der Waals surface area contributed by atoms with Crippen LogP contribution in [0.4, 0.5) is 4.79 Å². The maximum Gasteiger partial charge on any atom is 0.510 e. The summed E-state index contributed by atoms with van der Waals surface area (Å²) >= 11 is 6.63. The first-order valence-corrected chi connectivity index (χ1v) is 10.5. The predicted octanol–water partition coefficient (Wildman–Crippen LogP) is 5.24. The highest BCUT2D eigenvalue weighted by molar-refractivity contribution is 6.33. The van der Waals surface area contributed by atoms with Crippen molar-refractivity contribution in [2.45, 2.75) is 52.6 Å². The van der Waals surface area contributed by atoms with Crippen LogP contribution in [-0.4, -0.2) is 42.1 Å². The molecule has 0 radical (unpaired) electrons. The third-order valence-electron chi connectivity index (χ3n) is 5.02. The minimum absolute atomic E-state index is 0.0351. The standard InChI is InChI=1S/C23H28ClN3O4/c1-7-27-20(19(24)14(2)26-27)21(30-13-31-22(28)29-6)18(17-12-25-17)15-8-10-16(11-9-15)23(3,4)5/h8-12,17H,7,13H2,1-6H3/b21-18+. The number of carbonyl (C=O) groups excluding carboxylic acids is 1. The first kappa shape index (κ1) is 22.9. The lowest BCUT2D eigenvalue weighted by Gasteiger charge is -2.21. The fourth-order valence-electron chi connectivity index (χ4n) is 3.25. The van der Waals surface area contributed by atoms with E-state index in [0.717, 1.165) is 11.1 Å². The topological polar surface area (TPSA) is 74.9 Å². The van der Waals surface area contributed by atoms with Crippen molar-refractivity contribution in [1.82, 2.24) is 9.78 Å². The second-order valence-electron chi connectivity index (χ2n) is 8.24. The number of aliphatic imine (C=N–C) groups is 1. The number of halogens is 1. The van der Waals surface area contributed by atoms with Gasteiger partial charge in [-0.25, -0.2) is 4.79 Å². The molecular formula is C23H28ClN3O4. The Kier molecular flexibility index (Phi) is 6.74. The molecule has 0 saturated heterocycles. The predicted molar refractivity (Wildman–Crippen MR) is 121 cm³/mol. The number of aryl methyl sites for hydroxylation is 2. The van der Waals surface area contributed by atoms with Crippen LogP contribution in [0.2, 0.25) is 5.02 Å². The lowest BCUT2D eigenvalue weighted by atomic mass is 9.86. The largest absolute Gasteiger partial charge is 0.510 e. The monoisotopic (exact) mass is 445 g/mol. The Hall–Kier alpha value is -2.80. The molecule has 0 aliphatic carbocycles. The summed E-state index contributed by atoms with van der Waals surface area (Å²) in [5.74, 6) is 0.474. The molecule has 0 spiro atoms. The van der Waals surface area contributed by atoms with Gasteiger partial charge in [-0.1, -0.05) is 56.6 Å². The van der Waals surface area contributed by atoms with Gasteiger partial charge in [0.15, 0.2) is 5.76 Å². The molecule has 2 aromatic rings. The molecule has 1 aromatic heterocycles. The van der Waals surface area contributed by atoms with Crippen LogP contribution in [0.25, 0.3) is 11.3 Å². The van der Waals surface area contributed by atoms with Gasteiger partial charge in [0.05, 0.1) is 17.8 Å². The average molecular weight is 446 g/mol. The smallest absolute Gasteiger partial charge is 0.454 e. The van der Waals surface area contributed by atoms with Gasteiger partial charge >= 0.3 is 6.16 Å². The van der Waals surface area contributed by atoms with Crippen molar-refractivity contribution in [2.24, 2.45) is 4.99 Å². The van der Waals surface area contributed by atoms with Gasteiger partial charge in [-0.15, -0.1) is 0 Å². The first-order valence-electron chi connectivity index (χ1n) is 10.1. The number of ether oxygens (including phenoxy) is 3. The normalized spacial score (nSPS) is 16.0. The molecule has 1 atom stereocenters. The van der Waals surface area contributed by atoms with E-state index in [4.69, 9.17) is 21.1 Å². The summed E-state index contributed by atoms with van der Waals surface area (Å²) < 4.78 is 17.3. The maximum atomic E-state index is 11.4. The molecule has 1 aliphatic heterocycles. The molecule has 0 fully saturated rings. The quantitative estimate of drug-likeness (QED) is 0.331. The molecule has 1 aliphatic rings. The molecule has 7 nitrogen and oxygen atoms in total. The van der Waals surface area contributed by atoms with Crippen LogP contribution in [0.5, 0.6) is 0 Å². The summed E-state index contributed by atoms with van der Waals surface area (Å²) in [5, 5.41) is 4.99. The minimum Gasteiger partial charge on any atom is -0.454 e. The van der Waals surface area contributed by atoms with Crippen LogP contribution in [-0.2, 0) is 26.2 Å². The molecule has 0 saturated carbocycles. The molecule has 8 heteroatoms. The molecule has 1 aromatic carbocycles. The second-order valence-corrected chi connectivity index (χ2v) is 8.62. The minimum atomic E-state index is -0.829. The van der Waals surface area contributed by atoms with Gasteiger partial charge in [0.25, 0.3) is 0 Å².